The first-order valence-electron chi connectivity index (χ1n) is 11.1. The molecule has 0 spiro atoms. The zero-order chi connectivity index (χ0) is 21.6. The molecule has 0 aliphatic carbocycles. The topological polar surface area (TPSA) is 46.2 Å². The molecular formula is C27H28O5. The number of rotatable bonds is 9. The van der Waals surface area contributed by atoms with Crippen LogP contribution in [0.15, 0.2) is 91.0 Å². The van der Waals surface area contributed by atoms with E-state index in [0.29, 0.717) is 26.4 Å². The van der Waals surface area contributed by atoms with E-state index in [9.17, 15) is 0 Å². The molecule has 0 aromatic heterocycles. The molecule has 0 unspecified atom stereocenters. The van der Waals surface area contributed by atoms with Gasteiger partial charge in [0.05, 0.1) is 26.4 Å². The highest BCUT2D eigenvalue weighted by Gasteiger charge is 2.52. The highest BCUT2D eigenvalue weighted by Crippen LogP contribution is 2.35. The summed E-state index contributed by atoms with van der Waals surface area (Å²) in [5.74, 6) is 0. The highest BCUT2D eigenvalue weighted by atomic mass is 16.8. The summed E-state index contributed by atoms with van der Waals surface area (Å²) in [6.07, 6.45) is -1.63. The number of fused-ring (bicyclic) bond motifs is 2. The molecule has 5 nitrogen and oxygen atoms in total. The Kier molecular flexibility index (Phi) is 6.92. The van der Waals surface area contributed by atoms with Crippen LogP contribution >= 0.6 is 0 Å². The van der Waals surface area contributed by atoms with Crippen molar-refractivity contribution in [3.8, 4) is 0 Å². The molecule has 2 fully saturated rings. The fraction of sp³-hybridized carbons (Fsp3) is 0.333. The smallest absolute Gasteiger partial charge is 0.187 e. The third kappa shape index (κ3) is 5.09. The molecule has 2 saturated heterocycles. The van der Waals surface area contributed by atoms with Gasteiger partial charge in [-0.25, -0.2) is 0 Å². The van der Waals surface area contributed by atoms with E-state index in [-0.39, 0.29) is 18.3 Å². The Labute approximate surface area is 188 Å². The van der Waals surface area contributed by atoms with E-state index >= 15 is 0 Å². The molecule has 5 rings (SSSR count). The van der Waals surface area contributed by atoms with Gasteiger partial charge in [-0.2, -0.15) is 0 Å². The van der Waals surface area contributed by atoms with Crippen molar-refractivity contribution in [1.82, 2.24) is 0 Å². The van der Waals surface area contributed by atoms with Gasteiger partial charge in [-0.15, -0.1) is 0 Å². The van der Waals surface area contributed by atoms with Gasteiger partial charge in [-0.1, -0.05) is 91.0 Å². The molecule has 0 radical (unpaired) electrons. The second kappa shape index (κ2) is 10.4. The monoisotopic (exact) mass is 432 g/mol. The van der Waals surface area contributed by atoms with Crippen LogP contribution in [0.5, 0.6) is 0 Å². The Balaban J connectivity index is 1.33. The van der Waals surface area contributed by atoms with E-state index in [0.717, 1.165) is 16.7 Å². The van der Waals surface area contributed by atoms with Crippen molar-refractivity contribution in [3.63, 3.8) is 0 Å². The summed E-state index contributed by atoms with van der Waals surface area (Å²) in [5, 5.41) is 0. The van der Waals surface area contributed by atoms with Crippen LogP contribution in [0.3, 0.4) is 0 Å². The summed E-state index contributed by atoms with van der Waals surface area (Å²) in [6, 6.07) is 30.4. The predicted molar refractivity (Wildman–Crippen MR) is 120 cm³/mol. The molecule has 3 aromatic rings. The van der Waals surface area contributed by atoms with Gasteiger partial charge in [0.25, 0.3) is 0 Å². The molecule has 2 aliphatic rings. The van der Waals surface area contributed by atoms with Crippen molar-refractivity contribution < 1.29 is 23.7 Å². The minimum atomic E-state index is -0.457. The minimum Gasteiger partial charge on any atom is -0.368 e. The van der Waals surface area contributed by atoms with E-state index in [1.165, 1.54) is 0 Å². The highest BCUT2D eigenvalue weighted by molar-refractivity contribution is 5.15. The fourth-order valence-electron chi connectivity index (χ4n) is 4.20. The lowest BCUT2D eigenvalue weighted by molar-refractivity contribution is -0.268. The summed E-state index contributed by atoms with van der Waals surface area (Å²) < 4.78 is 31.2. The molecule has 5 heteroatoms. The third-order valence-electron chi connectivity index (χ3n) is 5.87. The first-order valence-corrected chi connectivity index (χ1v) is 11.1. The average Bonchev–Trinajstić information content (AvgIpc) is 3.29. The molecule has 166 valence electrons. The first-order chi connectivity index (χ1) is 15.9. The van der Waals surface area contributed by atoms with Gasteiger partial charge in [-0.3, -0.25) is 0 Å². The number of hydrogen-bond acceptors (Lipinski definition) is 5. The number of hydrogen-bond donors (Lipinski definition) is 0. The van der Waals surface area contributed by atoms with Gasteiger partial charge >= 0.3 is 0 Å². The van der Waals surface area contributed by atoms with Gasteiger partial charge in [0, 0.05) is 0 Å². The summed E-state index contributed by atoms with van der Waals surface area (Å²) in [5.41, 5.74) is 3.31. The molecule has 0 amide bonds. The van der Waals surface area contributed by atoms with Gasteiger partial charge in [0.2, 0.25) is 0 Å². The largest absolute Gasteiger partial charge is 0.368 e. The van der Waals surface area contributed by atoms with Crippen molar-refractivity contribution in [2.45, 2.75) is 50.5 Å². The Hall–Kier alpha value is -2.54. The Morgan fingerprint density at radius 3 is 1.50 bits per heavy atom. The second-order valence-electron chi connectivity index (χ2n) is 8.16. The maximum absolute atomic E-state index is 6.44. The predicted octanol–water partition coefficient (Wildman–Crippen LogP) is 4.50. The number of ether oxygens (including phenoxy) is 5. The van der Waals surface area contributed by atoms with E-state index in [2.05, 4.69) is 24.3 Å². The molecule has 5 atom stereocenters. The average molecular weight is 433 g/mol. The van der Waals surface area contributed by atoms with E-state index in [4.69, 9.17) is 23.7 Å². The molecule has 2 aliphatic heterocycles. The molecule has 2 heterocycles. The zero-order valence-corrected chi connectivity index (χ0v) is 17.9. The van der Waals surface area contributed by atoms with E-state index < -0.39 is 12.4 Å². The van der Waals surface area contributed by atoms with E-state index in [1.807, 2.05) is 66.7 Å². The first kappa shape index (κ1) is 21.3. The summed E-state index contributed by atoms with van der Waals surface area (Å²) in [7, 11) is 0. The Morgan fingerprint density at radius 2 is 1.00 bits per heavy atom. The van der Waals surface area contributed by atoms with Gasteiger partial charge in [0.15, 0.2) is 6.29 Å². The zero-order valence-electron chi connectivity index (χ0n) is 17.9. The van der Waals surface area contributed by atoms with Gasteiger partial charge < -0.3 is 23.7 Å². The lowest BCUT2D eigenvalue weighted by Gasteiger charge is -2.40. The van der Waals surface area contributed by atoms with Gasteiger partial charge in [-0.05, 0) is 16.7 Å². The van der Waals surface area contributed by atoms with Gasteiger partial charge in [0.1, 0.15) is 24.4 Å². The normalized spacial score (nSPS) is 26.8. The van der Waals surface area contributed by atoms with Crippen LogP contribution in [-0.2, 0) is 43.5 Å². The van der Waals surface area contributed by atoms with Crippen LogP contribution in [0.4, 0.5) is 0 Å². The molecule has 2 bridgehead atoms. The van der Waals surface area contributed by atoms with Crippen molar-refractivity contribution in [3.05, 3.63) is 108 Å². The van der Waals surface area contributed by atoms with Crippen molar-refractivity contribution >= 4 is 0 Å². The summed E-state index contributed by atoms with van der Waals surface area (Å²) >= 11 is 0. The van der Waals surface area contributed by atoms with Crippen LogP contribution in [0.2, 0.25) is 0 Å². The van der Waals surface area contributed by atoms with Crippen LogP contribution < -0.4 is 0 Å². The Bertz CT molecular complexity index is 892. The fourth-order valence-corrected chi connectivity index (χ4v) is 4.20. The SMILES string of the molecule is c1ccc(CO[C@H]2[C@@H](OCc3ccccc3)[C@H]3CO[C@H](O3)[C@@H]2OCc2ccccc2)cc1. The van der Waals surface area contributed by atoms with Crippen molar-refractivity contribution in [2.75, 3.05) is 6.61 Å². The molecule has 0 saturated carbocycles. The number of benzene rings is 3. The quantitative estimate of drug-likeness (QED) is 0.498. The van der Waals surface area contributed by atoms with E-state index in [1.54, 1.807) is 0 Å². The summed E-state index contributed by atoms with van der Waals surface area (Å²) in [6.45, 7) is 1.88. The van der Waals surface area contributed by atoms with Crippen molar-refractivity contribution in [1.29, 1.82) is 0 Å². The standard InChI is InChI=1S/C27H28O5/c1-4-10-20(11-5-1)16-28-24-23-19-31-27(32-23)26(30-18-22-14-8-3-9-15-22)25(24)29-17-21-12-6-2-7-13-21/h1-15,23-27H,16-19H2/t23-,24+,25+,26-,27-/m1/s1. The lowest BCUT2D eigenvalue weighted by atomic mass is 10.00. The maximum atomic E-state index is 6.44. The second-order valence-corrected chi connectivity index (χ2v) is 8.16. The molecule has 3 aromatic carbocycles. The molecular weight excluding hydrogens is 404 g/mol. The third-order valence-corrected chi connectivity index (χ3v) is 5.87. The van der Waals surface area contributed by atoms with Crippen molar-refractivity contribution in [2.24, 2.45) is 0 Å². The van der Waals surface area contributed by atoms with Crippen LogP contribution in [0, 0.1) is 0 Å². The van der Waals surface area contributed by atoms with Crippen LogP contribution in [0.1, 0.15) is 16.7 Å². The maximum Gasteiger partial charge on any atom is 0.187 e. The molecule has 0 N–H and O–H groups in total. The van der Waals surface area contributed by atoms with Crippen LogP contribution in [-0.4, -0.2) is 37.3 Å². The minimum absolute atomic E-state index is 0.180. The Morgan fingerprint density at radius 1 is 0.562 bits per heavy atom. The molecule has 32 heavy (non-hydrogen) atoms. The summed E-state index contributed by atoms with van der Waals surface area (Å²) in [4.78, 5) is 0. The van der Waals surface area contributed by atoms with Crippen LogP contribution in [0.25, 0.3) is 0 Å². The lowest BCUT2D eigenvalue weighted by Crippen LogP contribution is -2.56.